The highest BCUT2D eigenvalue weighted by Gasteiger charge is 2.15. The fourth-order valence-electron chi connectivity index (χ4n) is 1.94. The minimum atomic E-state index is -3.55. The predicted molar refractivity (Wildman–Crippen MR) is 84.2 cm³/mol. The third-order valence-electron chi connectivity index (χ3n) is 3.30. The molecule has 0 aliphatic carbocycles. The van der Waals surface area contributed by atoms with Gasteiger partial charge in [0.1, 0.15) is 5.75 Å². The maximum atomic E-state index is 12.3. The second kappa shape index (κ2) is 6.50. The van der Waals surface area contributed by atoms with Crippen molar-refractivity contribution in [3.05, 3.63) is 41.7 Å². The normalized spacial score (nSPS) is 11.9. The monoisotopic (exact) mass is 323 g/mol. The van der Waals surface area contributed by atoms with Crippen LogP contribution in [0.3, 0.4) is 0 Å². The quantitative estimate of drug-likeness (QED) is 0.882. The molecule has 0 atom stereocenters. The molecule has 120 valence electrons. The van der Waals surface area contributed by atoms with Crippen LogP contribution in [0.2, 0.25) is 0 Å². The summed E-state index contributed by atoms with van der Waals surface area (Å²) in [6.45, 7) is 5.95. The van der Waals surface area contributed by atoms with Crippen LogP contribution in [0.25, 0.3) is 0 Å². The van der Waals surface area contributed by atoms with Crippen molar-refractivity contribution in [2.75, 3.05) is 0 Å². The van der Waals surface area contributed by atoms with Crippen molar-refractivity contribution < 1.29 is 13.2 Å². The Balaban J connectivity index is 2.08. The first-order valence-electron chi connectivity index (χ1n) is 7.03. The van der Waals surface area contributed by atoms with Crippen molar-refractivity contribution in [3.63, 3.8) is 0 Å². The molecule has 1 heterocycles. The van der Waals surface area contributed by atoms with Crippen LogP contribution in [0.4, 0.5) is 0 Å². The maximum Gasteiger partial charge on any atom is 0.240 e. The maximum absolute atomic E-state index is 12.3. The van der Waals surface area contributed by atoms with Crippen molar-refractivity contribution >= 4 is 10.0 Å². The van der Waals surface area contributed by atoms with E-state index in [1.165, 1.54) is 12.1 Å². The van der Waals surface area contributed by atoms with Gasteiger partial charge in [0.25, 0.3) is 0 Å². The number of hydrogen-bond acceptors (Lipinski definition) is 4. The molecule has 7 heteroatoms. The first kappa shape index (κ1) is 16.5. The van der Waals surface area contributed by atoms with Crippen LogP contribution in [0.5, 0.6) is 5.75 Å². The average Bonchev–Trinajstić information content (AvgIpc) is 2.77. The van der Waals surface area contributed by atoms with E-state index in [1.807, 2.05) is 27.8 Å². The highest BCUT2D eigenvalue weighted by atomic mass is 32.2. The average molecular weight is 323 g/mol. The molecule has 2 aromatic rings. The van der Waals surface area contributed by atoms with Crippen LogP contribution in [0.1, 0.15) is 25.1 Å². The summed E-state index contributed by atoms with van der Waals surface area (Å²) in [6, 6.07) is 6.39. The third-order valence-corrected chi connectivity index (χ3v) is 4.71. The van der Waals surface area contributed by atoms with Crippen LogP contribution in [0, 0.1) is 6.92 Å². The predicted octanol–water partition coefficient (Wildman–Crippen LogP) is 1.99. The fraction of sp³-hybridized carbons (Fsp3) is 0.400. The Bertz CT molecular complexity index is 734. The summed E-state index contributed by atoms with van der Waals surface area (Å²) in [7, 11) is -1.73. The summed E-state index contributed by atoms with van der Waals surface area (Å²) in [5, 5.41) is 4.09. The number of rotatable bonds is 6. The summed E-state index contributed by atoms with van der Waals surface area (Å²) in [4.78, 5) is 0.213. The van der Waals surface area contributed by atoms with Gasteiger partial charge in [-0.05, 0) is 45.0 Å². The van der Waals surface area contributed by atoms with E-state index in [1.54, 1.807) is 23.0 Å². The molecule has 2 rings (SSSR count). The van der Waals surface area contributed by atoms with Gasteiger partial charge in [0.05, 0.1) is 17.2 Å². The highest BCUT2D eigenvalue weighted by molar-refractivity contribution is 7.89. The van der Waals surface area contributed by atoms with Gasteiger partial charge in [-0.3, -0.25) is 4.68 Å². The Hall–Kier alpha value is -1.86. The lowest BCUT2D eigenvalue weighted by Crippen LogP contribution is -2.23. The molecule has 1 aromatic carbocycles. The van der Waals surface area contributed by atoms with E-state index in [0.29, 0.717) is 5.75 Å². The summed E-state index contributed by atoms with van der Waals surface area (Å²) in [5.41, 5.74) is 1.79. The zero-order valence-electron chi connectivity index (χ0n) is 13.2. The second-order valence-corrected chi connectivity index (χ2v) is 7.11. The molecule has 1 aromatic heterocycles. The van der Waals surface area contributed by atoms with E-state index >= 15 is 0 Å². The smallest absolute Gasteiger partial charge is 0.240 e. The number of hydrogen-bond donors (Lipinski definition) is 1. The van der Waals surface area contributed by atoms with Gasteiger partial charge in [0.15, 0.2) is 0 Å². The topological polar surface area (TPSA) is 73.2 Å². The number of aryl methyl sites for hydroxylation is 1. The van der Waals surface area contributed by atoms with Gasteiger partial charge in [-0.25, -0.2) is 13.1 Å². The molecule has 6 nitrogen and oxygen atoms in total. The molecule has 0 aliphatic heterocycles. The Labute approximate surface area is 131 Å². The van der Waals surface area contributed by atoms with E-state index in [0.717, 1.165) is 11.3 Å². The Kier molecular flexibility index (Phi) is 4.87. The van der Waals surface area contributed by atoms with E-state index in [4.69, 9.17) is 4.74 Å². The Morgan fingerprint density at radius 2 is 1.91 bits per heavy atom. The summed E-state index contributed by atoms with van der Waals surface area (Å²) >= 11 is 0. The first-order valence-corrected chi connectivity index (χ1v) is 8.52. The molecule has 22 heavy (non-hydrogen) atoms. The summed E-state index contributed by atoms with van der Waals surface area (Å²) in [6.07, 6.45) is 1.71. The molecule has 0 amide bonds. The number of nitrogens with zero attached hydrogens (tertiary/aromatic N) is 2. The lowest BCUT2D eigenvalue weighted by molar-refractivity contribution is 0.242. The lowest BCUT2D eigenvalue weighted by atomic mass is 10.3. The van der Waals surface area contributed by atoms with Crippen LogP contribution in [-0.4, -0.2) is 24.3 Å². The van der Waals surface area contributed by atoms with Crippen molar-refractivity contribution in [1.82, 2.24) is 14.5 Å². The SMILES string of the molecule is Cc1c(CNS(=O)(=O)c2ccc(OC(C)C)cc2)cnn1C. The van der Waals surface area contributed by atoms with Gasteiger partial charge in [-0.15, -0.1) is 0 Å². The van der Waals surface area contributed by atoms with Gasteiger partial charge in [-0.1, -0.05) is 0 Å². The molecule has 0 saturated heterocycles. The standard InChI is InChI=1S/C15H21N3O3S/c1-11(2)21-14-5-7-15(8-6-14)22(19,20)17-10-13-9-16-18(4)12(13)3/h5-9,11,17H,10H2,1-4H3. The van der Waals surface area contributed by atoms with Gasteiger partial charge in [0, 0.05) is 24.8 Å². The highest BCUT2D eigenvalue weighted by Crippen LogP contribution is 2.17. The molecule has 0 fully saturated rings. The molecule has 1 N–H and O–H groups in total. The lowest BCUT2D eigenvalue weighted by Gasteiger charge is -2.11. The zero-order valence-corrected chi connectivity index (χ0v) is 14.0. The fourth-order valence-corrected chi connectivity index (χ4v) is 2.95. The molecule has 0 bridgehead atoms. The number of benzene rings is 1. The summed E-state index contributed by atoms with van der Waals surface area (Å²) < 4.78 is 34.4. The van der Waals surface area contributed by atoms with Crippen LogP contribution in [-0.2, 0) is 23.6 Å². The van der Waals surface area contributed by atoms with Gasteiger partial charge >= 0.3 is 0 Å². The minimum Gasteiger partial charge on any atom is -0.491 e. The van der Waals surface area contributed by atoms with E-state index in [-0.39, 0.29) is 17.5 Å². The van der Waals surface area contributed by atoms with Crippen LogP contribution in [0.15, 0.2) is 35.4 Å². The summed E-state index contributed by atoms with van der Waals surface area (Å²) in [5.74, 6) is 0.650. The first-order chi connectivity index (χ1) is 10.3. The van der Waals surface area contributed by atoms with E-state index in [9.17, 15) is 8.42 Å². The van der Waals surface area contributed by atoms with Crippen molar-refractivity contribution in [2.45, 2.75) is 38.3 Å². The molecule has 0 unspecified atom stereocenters. The third kappa shape index (κ3) is 3.86. The van der Waals surface area contributed by atoms with Crippen molar-refractivity contribution in [2.24, 2.45) is 7.05 Å². The minimum absolute atomic E-state index is 0.0501. The van der Waals surface area contributed by atoms with Crippen molar-refractivity contribution in [3.8, 4) is 5.75 Å². The number of aromatic nitrogens is 2. The van der Waals surface area contributed by atoms with E-state index < -0.39 is 10.0 Å². The molecule has 0 aliphatic rings. The molecule has 0 spiro atoms. The van der Waals surface area contributed by atoms with Crippen LogP contribution >= 0.6 is 0 Å². The van der Waals surface area contributed by atoms with Gasteiger partial charge < -0.3 is 4.74 Å². The molecular formula is C15H21N3O3S. The second-order valence-electron chi connectivity index (χ2n) is 5.34. The van der Waals surface area contributed by atoms with E-state index in [2.05, 4.69) is 9.82 Å². The number of nitrogens with one attached hydrogen (secondary N) is 1. The number of ether oxygens (including phenoxy) is 1. The van der Waals surface area contributed by atoms with Crippen molar-refractivity contribution in [1.29, 1.82) is 0 Å². The van der Waals surface area contributed by atoms with Crippen LogP contribution < -0.4 is 9.46 Å². The van der Waals surface area contributed by atoms with Gasteiger partial charge in [0.2, 0.25) is 10.0 Å². The zero-order chi connectivity index (χ0) is 16.3. The molecule has 0 radical (unpaired) electrons. The Morgan fingerprint density at radius 1 is 1.27 bits per heavy atom. The molecule has 0 saturated carbocycles. The van der Waals surface area contributed by atoms with Gasteiger partial charge in [-0.2, -0.15) is 5.10 Å². The number of sulfonamides is 1. The molecular weight excluding hydrogens is 302 g/mol. The Morgan fingerprint density at radius 3 is 2.41 bits per heavy atom. The largest absolute Gasteiger partial charge is 0.491 e.